The number of Topliss-reactive ketones (excluding diaryl/α,β-unsaturated/α-hetero) is 1. The molecule has 5 nitrogen and oxygen atoms in total. The van der Waals surface area contributed by atoms with Crippen LogP contribution in [0.5, 0.6) is 0 Å². The Morgan fingerprint density at radius 1 is 1.03 bits per heavy atom. The predicted molar refractivity (Wildman–Crippen MR) is 112 cm³/mol. The van der Waals surface area contributed by atoms with Gasteiger partial charge in [-0.15, -0.1) is 0 Å². The molecule has 7 rings (SSSR count). The van der Waals surface area contributed by atoms with Crippen molar-refractivity contribution in [1.82, 2.24) is 10.2 Å². The summed E-state index contributed by atoms with van der Waals surface area (Å²) in [7, 11) is 0. The molecule has 5 fully saturated rings. The average Bonchev–Trinajstić information content (AvgIpc) is 3.25. The summed E-state index contributed by atoms with van der Waals surface area (Å²) in [5.74, 6) is 1.83. The molecule has 6 aliphatic rings. The molecule has 0 spiro atoms. The zero-order valence-corrected chi connectivity index (χ0v) is 17.7. The summed E-state index contributed by atoms with van der Waals surface area (Å²) in [5.41, 5.74) is 2.07. The summed E-state index contributed by atoms with van der Waals surface area (Å²) in [6.45, 7) is 1.70. The first kappa shape index (κ1) is 18.6. The minimum Gasteiger partial charge on any atom is -0.319 e. The van der Waals surface area contributed by atoms with Gasteiger partial charge >= 0.3 is 6.03 Å². The minimum atomic E-state index is -1.09. The Kier molecular flexibility index (Phi) is 3.83. The van der Waals surface area contributed by atoms with Gasteiger partial charge in [0.05, 0.1) is 6.54 Å². The van der Waals surface area contributed by atoms with Gasteiger partial charge < -0.3 is 5.32 Å². The van der Waals surface area contributed by atoms with Crippen molar-refractivity contribution in [2.24, 2.45) is 23.2 Å². The summed E-state index contributed by atoms with van der Waals surface area (Å²) >= 11 is 0. The Labute approximate surface area is 177 Å². The highest BCUT2D eigenvalue weighted by Gasteiger charge is 2.56. The van der Waals surface area contributed by atoms with Gasteiger partial charge in [0.15, 0.2) is 5.78 Å². The fourth-order valence-corrected chi connectivity index (χ4v) is 7.68. The van der Waals surface area contributed by atoms with Crippen molar-refractivity contribution in [1.29, 1.82) is 0 Å². The highest BCUT2D eigenvalue weighted by molar-refractivity contribution is 6.09. The van der Waals surface area contributed by atoms with Gasteiger partial charge in [-0.25, -0.2) is 4.79 Å². The van der Waals surface area contributed by atoms with Gasteiger partial charge in [0.25, 0.3) is 5.91 Å². The lowest BCUT2D eigenvalue weighted by Gasteiger charge is -2.56. The first-order valence-corrected chi connectivity index (χ1v) is 11.7. The van der Waals surface area contributed by atoms with E-state index >= 15 is 0 Å². The number of benzene rings is 1. The summed E-state index contributed by atoms with van der Waals surface area (Å²) in [6, 6.07) is 5.70. The van der Waals surface area contributed by atoms with Crippen LogP contribution < -0.4 is 5.32 Å². The third kappa shape index (κ3) is 2.56. The molecule has 1 saturated heterocycles. The number of fused-ring (bicyclic) bond motifs is 1. The number of amides is 3. The van der Waals surface area contributed by atoms with Crippen LogP contribution in [0.1, 0.15) is 68.6 Å². The molecule has 3 amide bonds. The van der Waals surface area contributed by atoms with Crippen molar-refractivity contribution in [2.45, 2.75) is 70.3 Å². The maximum absolute atomic E-state index is 13.5. The van der Waals surface area contributed by atoms with E-state index in [4.69, 9.17) is 0 Å². The molecule has 1 heterocycles. The van der Waals surface area contributed by atoms with Crippen LogP contribution in [-0.2, 0) is 28.0 Å². The third-order valence-electron chi connectivity index (χ3n) is 8.88. The number of aryl methyl sites for hydroxylation is 2. The molecule has 1 atom stereocenters. The zero-order chi connectivity index (χ0) is 20.7. The van der Waals surface area contributed by atoms with Gasteiger partial charge in [-0.05, 0) is 99.2 Å². The first-order valence-electron chi connectivity index (χ1n) is 11.7. The number of imide groups is 1. The Morgan fingerprint density at radius 2 is 1.67 bits per heavy atom. The van der Waals surface area contributed by atoms with E-state index in [1.807, 2.05) is 6.07 Å². The van der Waals surface area contributed by atoms with E-state index in [1.165, 1.54) is 35.3 Å². The van der Waals surface area contributed by atoms with E-state index in [0.29, 0.717) is 17.8 Å². The topological polar surface area (TPSA) is 66.5 Å². The molecule has 1 aromatic rings. The van der Waals surface area contributed by atoms with Crippen molar-refractivity contribution in [2.75, 3.05) is 6.54 Å². The maximum atomic E-state index is 13.5. The van der Waals surface area contributed by atoms with Crippen molar-refractivity contribution in [3.63, 3.8) is 0 Å². The molecule has 0 aromatic heterocycles. The summed E-state index contributed by atoms with van der Waals surface area (Å²) in [4.78, 5) is 40.9. The van der Waals surface area contributed by atoms with E-state index < -0.39 is 11.6 Å². The zero-order valence-electron chi connectivity index (χ0n) is 17.7. The number of ketones is 1. The number of nitrogens with one attached hydrogen (secondary N) is 1. The monoisotopic (exact) mass is 406 g/mol. The molecule has 1 aromatic carbocycles. The fourth-order valence-electron chi connectivity index (χ4n) is 7.68. The standard InChI is InChI=1S/C25H30N2O3/c1-24(20-6-5-18-3-2-4-19(18)10-20)22(29)27(23(30)26-24)14-21(28)25-11-15-7-16(12-25)9-17(8-15)13-25/h5-6,10,15-17H,2-4,7-9,11-14H2,1H3,(H,26,30). The highest BCUT2D eigenvalue weighted by Crippen LogP contribution is 2.60. The number of rotatable bonds is 4. The lowest BCUT2D eigenvalue weighted by molar-refractivity contribution is -0.147. The van der Waals surface area contributed by atoms with Gasteiger partial charge in [-0.1, -0.05) is 18.2 Å². The molecular formula is C25H30N2O3. The normalized spacial score (nSPS) is 38.8. The SMILES string of the molecule is CC1(c2ccc3c(c2)CCC3)NC(=O)N(CC(=O)C23CC4CC(CC(C4)C2)C3)C1=O. The second kappa shape index (κ2) is 6.18. The van der Waals surface area contributed by atoms with Crippen LogP contribution in [-0.4, -0.2) is 29.2 Å². The molecular weight excluding hydrogens is 376 g/mol. The Hall–Kier alpha value is -2.17. The van der Waals surface area contributed by atoms with E-state index in [1.54, 1.807) is 6.92 Å². The maximum Gasteiger partial charge on any atom is 0.325 e. The molecule has 4 bridgehead atoms. The van der Waals surface area contributed by atoms with Gasteiger partial charge in [0.2, 0.25) is 0 Å². The molecule has 5 heteroatoms. The summed E-state index contributed by atoms with van der Waals surface area (Å²) in [5, 5.41) is 2.90. The highest BCUT2D eigenvalue weighted by atomic mass is 16.2. The lowest BCUT2D eigenvalue weighted by atomic mass is 9.48. The largest absolute Gasteiger partial charge is 0.325 e. The van der Waals surface area contributed by atoms with Crippen LogP contribution in [0.15, 0.2) is 18.2 Å². The van der Waals surface area contributed by atoms with Crippen molar-refractivity contribution < 1.29 is 14.4 Å². The molecule has 158 valence electrons. The molecule has 1 N–H and O–H groups in total. The number of carbonyl (C=O) groups excluding carboxylic acids is 3. The van der Waals surface area contributed by atoms with E-state index in [-0.39, 0.29) is 23.7 Å². The van der Waals surface area contributed by atoms with Gasteiger partial charge in [-0.2, -0.15) is 0 Å². The number of carbonyl (C=O) groups is 3. The molecule has 30 heavy (non-hydrogen) atoms. The molecule has 1 aliphatic heterocycles. The molecule has 1 unspecified atom stereocenters. The van der Waals surface area contributed by atoms with Crippen molar-refractivity contribution in [3.8, 4) is 0 Å². The second-order valence-corrected chi connectivity index (χ2v) is 10.9. The number of hydrogen-bond donors (Lipinski definition) is 1. The van der Waals surface area contributed by atoms with Crippen LogP contribution in [0.25, 0.3) is 0 Å². The quantitative estimate of drug-likeness (QED) is 0.775. The number of urea groups is 1. The lowest BCUT2D eigenvalue weighted by Crippen LogP contribution is -2.53. The van der Waals surface area contributed by atoms with E-state index in [2.05, 4.69) is 17.4 Å². The number of hydrogen-bond acceptors (Lipinski definition) is 3. The van der Waals surface area contributed by atoms with Crippen molar-refractivity contribution in [3.05, 3.63) is 34.9 Å². The smallest absolute Gasteiger partial charge is 0.319 e. The third-order valence-corrected chi connectivity index (χ3v) is 8.88. The van der Waals surface area contributed by atoms with Crippen molar-refractivity contribution >= 4 is 17.7 Å². The number of nitrogens with zero attached hydrogens (tertiary/aromatic N) is 1. The Balaban J connectivity index is 1.24. The van der Waals surface area contributed by atoms with Crippen LogP contribution in [0.4, 0.5) is 4.79 Å². The van der Waals surface area contributed by atoms with Gasteiger partial charge in [0.1, 0.15) is 5.54 Å². The van der Waals surface area contributed by atoms with Crippen LogP contribution in [0.2, 0.25) is 0 Å². The van der Waals surface area contributed by atoms with Gasteiger partial charge in [-0.3, -0.25) is 14.5 Å². The van der Waals surface area contributed by atoms with E-state index in [0.717, 1.165) is 44.1 Å². The van der Waals surface area contributed by atoms with Crippen LogP contribution in [0.3, 0.4) is 0 Å². The Morgan fingerprint density at radius 3 is 2.33 bits per heavy atom. The molecule has 5 aliphatic carbocycles. The molecule has 4 saturated carbocycles. The second-order valence-electron chi connectivity index (χ2n) is 10.9. The summed E-state index contributed by atoms with van der Waals surface area (Å²) in [6.07, 6.45) is 9.94. The van der Waals surface area contributed by atoms with E-state index in [9.17, 15) is 14.4 Å². The van der Waals surface area contributed by atoms with Crippen LogP contribution >= 0.6 is 0 Å². The average molecular weight is 407 g/mol. The fraction of sp³-hybridized carbons (Fsp3) is 0.640. The predicted octanol–water partition coefficient (Wildman–Crippen LogP) is 3.73. The summed E-state index contributed by atoms with van der Waals surface area (Å²) < 4.78 is 0. The Bertz CT molecular complexity index is 932. The molecule has 0 radical (unpaired) electrons. The van der Waals surface area contributed by atoms with Gasteiger partial charge in [0, 0.05) is 5.41 Å². The van der Waals surface area contributed by atoms with Crippen LogP contribution in [0, 0.1) is 23.2 Å². The minimum absolute atomic E-state index is 0.0721. The first-order chi connectivity index (χ1) is 14.4.